The number of anilines is 1. The number of nitrogens with one attached hydrogen (secondary N) is 1. The lowest BCUT2D eigenvalue weighted by Crippen LogP contribution is -2.51. The highest BCUT2D eigenvalue weighted by atomic mass is 32.2. The molecular formula is C32H41N3O7S. The van der Waals surface area contributed by atoms with Crippen molar-refractivity contribution in [3.8, 4) is 17.2 Å². The zero-order valence-electron chi connectivity index (χ0n) is 25.8. The van der Waals surface area contributed by atoms with Crippen LogP contribution in [-0.2, 0) is 26.2 Å². The Labute approximate surface area is 254 Å². The summed E-state index contributed by atoms with van der Waals surface area (Å²) in [6, 6.07) is 15.9. The van der Waals surface area contributed by atoms with Crippen LogP contribution in [0.2, 0.25) is 0 Å². The lowest BCUT2D eigenvalue weighted by molar-refractivity contribution is -0.139. The molecule has 0 saturated heterocycles. The Morgan fingerprint density at radius 3 is 2.05 bits per heavy atom. The van der Waals surface area contributed by atoms with Crippen molar-refractivity contribution in [2.45, 2.75) is 51.6 Å². The van der Waals surface area contributed by atoms with Gasteiger partial charge in [-0.3, -0.25) is 13.9 Å². The van der Waals surface area contributed by atoms with Crippen molar-refractivity contribution in [1.82, 2.24) is 10.2 Å². The zero-order valence-corrected chi connectivity index (χ0v) is 26.7. The van der Waals surface area contributed by atoms with Crippen LogP contribution in [-0.4, -0.2) is 65.6 Å². The zero-order chi connectivity index (χ0) is 31.7. The summed E-state index contributed by atoms with van der Waals surface area (Å²) in [6.07, 6.45) is 0.731. The molecule has 11 heteroatoms. The molecule has 0 fully saturated rings. The van der Waals surface area contributed by atoms with E-state index < -0.39 is 28.5 Å². The first-order chi connectivity index (χ1) is 20.4. The first kappa shape index (κ1) is 33.3. The van der Waals surface area contributed by atoms with E-state index in [4.69, 9.17) is 14.2 Å². The fraction of sp³-hybridized carbons (Fsp3) is 0.375. The number of carbonyl (C=O) groups is 2. The van der Waals surface area contributed by atoms with Crippen LogP contribution in [0, 0.1) is 13.8 Å². The molecule has 2 amide bonds. The van der Waals surface area contributed by atoms with Gasteiger partial charge in [-0.2, -0.15) is 0 Å². The highest BCUT2D eigenvalue weighted by Crippen LogP contribution is 2.33. The number of amides is 2. The van der Waals surface area contributed by atoms with Crippen molar-refractivity contribution >= 4 is 27.5 Å². The van der Waals surface area contributed by atoms with Crippen LogP contribution in [0.4, 0.5) is 5.69 Å². The molecule has 1 N–H and O–H groups in total. The largest absolute Gasteiger partial charge is 0.497 e. The number of ether oxygens (including phenoxy) is 3. The van der Waals surface area contributed by atoms with E-state index >= 15 is 0 Å². The number of hydrogen-bond donors (Lipinski definition) is 1. The molecule has 0 saturated carbocycles. The molecule has 0 spiro atoms. The monoisotopic (exact) mass is 611 g/mol. The summed E-state index contributed by atoms with van der Waals surface area (Å²) in [5.74, 6) is 0.380. The van der Waals surface area contributed by atoms with Crippen molar-refractivity contribution in [3.63, 3.8) is 0 Å². The van der Waals surface area contributed by atoms with Crippen LogP contribution < -0.4 is 23.8 Å². The number of hydrogen-bond acceptors (Lipinski definition) is 7. The number of carbonyl (C=O) groups excluding carboxylic acids is 2. The normalized spacial score (nSPS) is 11.8. The molecule has 0 bridgehead atoms. The lowest BCUT2D eigenvalue weighted by atomic mass is 10.1. The first-order valence-electron chi connectivity index (χ1n) is 14.0. The van der Waals surface area contributed by atoms with Gasteiger partial charge >= 0.3 is 0 Å². The Hall–Kier alpha value is -4.25. The molecule has 0 aliphatic carbocycles. The van der Waals surface area contributed by atoms with E-state index in [2.05, 4.69) is 5.32 Å². The van der Waals surface area contributed by atoms with Crippen LogP contribution in [0.1, 0.15) is 37.0 Å². The molecule has 0 aromatic heterocycles. The molecule has 43 heavy (non-hydrogen) atoms. The van der Waals surface area contributed by atoms with Gasteiger partial charge in [0.25, 0.3) is 10.0 Å². The third-order valence-corrected chi connectivity index (χ3v) is 8.71. The molecule has 232 valence electrons. The minimum absolute atomic E-state index is 0.0763. The SMILES string of the molecule is CCCNC(=O)[C@H](C)N(Cc1ccc(OC)cc1)C(=O)CN(c1cc(C)cc(C)c1)S(=O)(=O)c1ccc(OC)c(OC)c1. The molecule has 3 aromatic carbocycles. The van der Waals surface area contributed by atoms with Crippen LogP contribution in [0.3, 0.4) is 0 Å². The second kappa shape index (κ2) is 14.8. The van der Waals surface area contributed by atoms with Gasteiger partial charge in [-0.25, -0.2) is 8.42 Å². The second-order valence-electron chi connectivity index (χ2n) is 10.2. The fourth-order valence-corrected chi connectivity index (χ4v) is 6.05. The van der Waals surface area contributed by atoms with Crippen LogP contribution in [0.5, 0.6) is 17.2 Å². The molecule has 3 rings (SSSR count). The number of benzene rings is 3. The topological polar surface area (TPSA) is 114 Å². The minimum atomic E-state index is -4.28. The molecule has 0 heterocycles. The molecular weight excluding hydrogens is 570 g/mol. The summed E-state index contributed by atoms with van der Waals surface area (Å²) in [4.78, 5) is 28.5. The van der Waals surface area contributed by atoms with Gasteiger partial charge in [0.15, 0.2) is 11.5 Å². The van der Waals surface area contributed by atoms with Gasteiger partial charge in [-0.05, 0) is 80.3 Å². The molecule has 0 aliphatic rings. The minimum Gasteiger partial charge on any atom is -0.497 e. The van der Waals surface area contributed by atoms with Gasteiger partial charge in [0.2, 0.25) is 11.8 Å². The molecule has 0 radical (unpaired) electrons. The van der Waals surface area contributed by atoms with Gasteiger partial charge in [-0.1, -0.05) is 25.1 Å². The standard InChI is InChI=1S/C32H41N3O7S/c1-8-15-33-32(37)24(4)34(20-25-9-11-27(40-5)12-10-25)31(36)21-35(26-17-22(2)16-23(3)18-26)43(38,39)28-13-14-29(41-6)30(19-28)42-7/h9-14,16-19,24H,8,15,20-21H2,1-7H3,(H,33,37)/t24-/m0/s1. The summed E-state index contributed by atoms with van der Waals surface area (Å²) < 4.78 is 45.4. The summed E-state index contributed by atoms with van der Waals surface area (Å²) in [6.45, 7) is 7.28. The number of nitrogens with zero attached hydrogens (tertiary/aromatic N) is 2. The summed E-state index contributed by atoms with van der Waals surface area (Å²) in [5.41, 5.74) is 2.74. The average molecular weight is 612 g/mol. The summed E-state index contributed by atoms with van der Waals surface area (Å²) >= 11 is 0. The maximum Gasteiger partial charge on any atom is 0.264 e. The molecule has 0 aliphatic heterocycles. The Balaban J connectivity index is 2.09. The number of sulfonamides is 1. The smallest absolute Gasteiger partial charge is 0.264 e. The Bertz CT molecular complexity index is 1500. The van der Waals surface area contributed by atoms with Gasteiger partial charge in [0.1, 0.15) is 18.3 Å². The van der Waals surface area contributed by atoms with Crippen molar-refractivity contribution in [2.24, 2.45) is 0 Å². The van der Waals surface area contributed by atoms with Crippen LogP contribution in [0.25, 0.3) is 0 Å². The van der Waals surface area contributed by atoms with Gasteiger partial charge in [0, 0.05) is 19.2 Å². The van der Waals surface area contributed by atoms with Crippen LogP contribution >= 0.6 is 0 Å². The summed E-state index contributed by atoms with van der Waals surface area (Å²) in [7, 11) is 0.157. The maximum absolute atomic E-state index is 14.2. The van der Waals surface area contributed by atoms with E-state index in [1.165, 1.54) is 37.3 Å². The van der Waals surface area contributed by atoms with Gasteiger partial charge in [-0.15, -0.1) is 0 Å². The van der Waals surface area contributed by atoms with E-state index in [-0.39, 0.29) is 23.1 Å². The highest BCUT2D eigenvalue weighted by molar-refractivity contribution is 7.92. The van der Waals surface area contributed by atoms with Gasteiger partial charge < -0.3 is 24.4 Å². The van der Waals surface area contributed by atoms with Crippen molar-refractivity contribution in [3.05, 3.63) is 77.4 Å². The quantitative estimate of drug-likeness (QED) is 0.286. The number of methoxy groups -OCH3 is 3. The van der Waals surface area contributed by atoms with E-state index in [1.807, 2.05) is 26.8 Å². The van der Waals surface area contributed by atoms with Gasteiger partial charge in [0.05, 0.1) is 31.9 Å². The van der Waals surface area contributed by atoms with E-state index in [0.29, 0.717) is 23.7 Å². The Morgan fingerprint density at radius 2 is 1.49 bits per heavy atom. The highest BCUT2D eigenvalue weighted by Gasteiger charge is 2.33. The summed E-state index contributed by atoms with van der Waals surface area (Å²) in [5, 5.41) is 2.84. The number of rotatable bonds is 14. The predicted octanol–water partition coefficient (Wildman–Crippen LogP) is 4.47. The van der Waals surface area contributed by atoms with E-state index in [0.717, 1.165) is 27.4 Å². The second-order valence-corrected chi connectivity index (χ2v) is 12.1. The predicted molar refractivity (Wildman–Crippen MR) is 166 cm³/mol. The average Bonchev–Trinajstić information content (AvgIpc) is 2.99. The Kier molecular flexibility index (Phi) is 11.4. The van der Waals surface area contributed by atoms with Crippen molar-refractivity contribution < 1.29 is 32.2 Å². The van der Waals surface area contributed by atoms with Crippen molar-refractivity contribution in [2.75, 3.05) is 38.7 Å². The van der Waals surface area contributed by atoms with Crippen molar-refractivity contribution in [1.29, 1.82) is 0 Å². The lowest BCUT2D eigenvalue weighted by Gasteiger charge is -2.32. The maximum atomic E-state index is 14.2. The van der Waals surface area contributed by atoms with E-state index in [1.54, 1.807) is 50.4 Å². The number of aryl methyl sites for hydroxylation is 2. The fourth-order valence-electron chi connectivity index (χ4n) is 4.63. The third kappa shape index (κ3) is 8.19. The van der Waals surface area contributed by atoms with Crippen LogP contribution in [0.15, 0.2) is 65.6 Å². The van der Waals surface area contributed by atoms with E-state index in [9.17, 15) is 18.0 Å². The molecule has 0 unspecified atom stereocenters. The first-order valence-corrected chi connectivity index (χ1v) is 15.4. The Morgan fingerprint density at radius 1 is 0.860 bits per heavy atom. The molecule has 10 nitrogen and oxygen atoms in total. The third-order valence-electron chi connectivity index (χ3n) is 6.94. The molecule has 3 aromatic rings. The molecule has 1 atom stereocenters.